The average molecular weight is 293 g/mol. The Bertz CT molecular complexity index is 800. The number of rotatable bonds is 4. The molecule has 1 aliphatic carbocycles. The van der Waals surface area contributed by atoms with Crippen molar-refractivity contribution in [2.45, 2.75) is 25.4 Å². The fourth-order valence-electron chi connectivity index (χ4n) is 2.79. The van der Waals surface area contributed by atoms with Crippen LogP contribution in [-0.4, -0.2) is 16.0 Å². The summed E-state index contributed by atoms with van der Waals surface area (Å²) in [5.41, 5.74) is 2.02. The van der Waals surface area contributed by atoms with Gasteiger partial charge in [-0.1, -0.05) is 30.3 Å². The molecule has 0 aliphatic heterocycles. The van der Waals surface area contributed by atoms with Gasteiger partial charge in [-0.25, -0.2) is 14.4 Å². The van der Waals surface area contributed by atoms with Crippen molar-refractivity contribution in [3.05, 3.63) is 66.2 Å². The van der Waals surface area contributed by atoms with Gasteiger partial charge in [0.05, 0.1) is 5.52 Å². The van der Waals surface area contributed by atoms with E-state index < -0.39 is 0 Å². The Morgan fingerprint density at radius 3 is 2.64 bits per heavy atom. The first-order valence-electron chi connectivity index (χ1n) is 7.52. The minimum Gasteiger partial charge on any atom is -0.349 e. The molecule has 2 aromatic carbocycles. The van der Waals surface area contributed by atoms with Crippen LogP contribution in [0.3, 0.4) is 0 Å². The van der Waals surface area contributed by atoms with E-state index in [1.807, 2.05) is 18.2 Å². The molecule has 1 aromatic heterocycles. The van der Waals surface area contributed by atoms with Crippen LogP contribution < -0.4 is 4.90 Å². The lowest BCUT2D eigenvalue weighted by Crippen LogP contribution is -2.26. The Morgan fingerprint density at radius 2 is 1.86 bits per heavy atom. The minimum absolute atomic E-state index is 0.251. The molecule has 1 saturated carbocycles. The van der Waals surface area contributed by atoms with Crippen molar-refractivity contribution in [1.82, 2.24) is 9.97 Å². The zero-order valence-electron chi connectivity index (χ0n) is 12.1. The molecule has 0 N–H and O–H groups in total. The molecule has 22 heavy (non-hydrogen) atoms. The summed E-state index contributed by atoms with van der Waals surface area (Å²) in [5.74, 6) is 0.579. The molecular weight excluding hydrogens is 277 g/mol. The van der Waals surface area contributed by atoms with E-state index in [-0.39, 0.29) is 5.82 Å². The Balaban J connectivity index is 1.78. The maximum absolute atomic E-state index is 13.6. The Morgan fingerprint density at radius 1 is 1.05 bits per heavy atom. The van der Waals surface area contributed by atoms with Crippen molar-refractivity contribution in [2.75, 3.05) is 4.90 Å². The first kappa shape index (κ1) is 13.2. The van der Waals surface area contributed by atoms with Gasteiger partial charge in [-0.2, -0.15) is 0 Å². The molecule has 0 bridgehead atoms. The van der Waals surface area contributed by atoms with Gasteiger partial charge in [0.1, 0.15) is 18.0 Å². The Hall–Kier alpha value is -2.49. The van der Waals surface area contributed by atoms with Crippen LogP contribution in [0.2, 0.25) is 0 Å². The second-order valence-corrected chi connectivity index (χ2v) is 5.70. The SMILES string of the molecule is Fc1ccc2ncnc(N(Cc3ccccc3)C3CC3)c2c1. The van der Waals surface area contributed by atoms with Gasteiger partial charge in [0.25, 0.3) is 0 Å². The van der Waals surface area contributed by atoms with E-state index in [2.05, 4.69) is 27.0 Å². The summed E-state index contributed by atoms with van der Waals surface area (Å²) >= 11 is 0. The van der Waals surface area contributed by atoms with Gasteiger partial charge >= 0.3 is 0 Å². The second-order valence-electron chi connectivity index (χ2n) is 5.70. The highest BCUT2D eigenvalue weighted by Gasteiger charge is 2.31. The molecule has 1 fully saturated rings. The first-order valence-corrected chi connectivity index (χ1v) is 7.52. The van der Waals surface area contributed by atoms with Gasteiger partial charge < -0.3 is 4.90 Å². The van der Waals surface area contributed by atoms with Gasteiger partial charge in [0.2, 0.25) is 0 Å². The molecule has 0 spiro atoms. The lowest BCUT2D eigenvalue weighted by atomic mass is 10.1. The number of nitrogens with zero attached hydrogens (tertiary/aromatic N) is 3. The molecule has 4 heteroatoms. The fraction of sp³-hybridized carbons (Fsp3) is 0.222. The Labute approximate surface area is 128 Å². The van der Waals surface area contributed by atoms with Gasteiger partial charge in [0, 0.05) is 18.0 Å². The summed E-state index contributed by atoms with van der Waals surface area (Å²) in [6, 6.07) is 15.5. The normalized spacial score (nSPS) is 14.2. The molecule has 3 nitrogen and oxygen atoms in total. The summed E-state index contributed by atoms with van der Waals surface area (Å²) in [5, 5.41) is 0.783. The van der Waals surface area contributed by atoms with Crippen LogP contribution in [0.5, 0.6) is 0 Å². The highest BCUT2D eigenvalue weighted by molar-refractivity contribution is 5.89. The Kier molecular flexibility index (Phi) is 3.22. The van der Waals surface area contributed by atoms with E-state index >= 15 is 0 Å². The quantitative estimate of drug-likeness (QED) is 0.729. The molecule has 110 valence electrons. The monoisotopic (exact) mass is 293 g/mol. The van der Waals surface area contributed by atoms with E-state index in [4.69, 9.17) is 0 Å². The van der Waals surface area contributed by atoms with E-state index in [0.29, 0.717) is 6.04 Å². The predicted molar refractivity (Wildman–Crippen MR) is 85.1 cm³/mol. The lowest BCUT2D eigenvalue weighted by molar-refractivity contribution is 0.629. The van der Waals surface area contributed by atoms with Crippen molar-refractivity contribution in [1.29, 1.82) is 0 Å². The van der Waals surface area contributed by atoms with E-state index in [1.54, 1.807) is 12.4 Å². The largest absolute Gasteiger partial charge is 0.349 e. The highest BCUT2D eigenvalue weighted by atomic mass is 19.1. The number of benzene rings is 2. The average Bonchev–Trinajstić information content (AvgIpc) is 3.38. The number of halogens is 1. The number of fused-ring (bicyclic) bond motifs is 1. The number of aromatic nitrogens is 2. The van der Waals surface area contributed by atoms with Gasteiger partial charge in [-0.05, 0) is 36.6 Å². The van der Waals surface area contributed by atoms with Crippen molar-refractivity contribution >= 4 is 16.7 Å². The molecule has 0 amide bonds. The fourth-order valence-corrected chi connectivity index (χ4v) is 2.79. The smallest absolute Gasteiger partial charge is 0.140 e. The van der Waals surface area contributed by atoms with Crippen LogP contribution in [0, 0.1) is 5.82 Å². The van der Waals surface area contributed by atoms with Crippen molar-refractivity contribution in [3.8, 4) is 0 Å². The van der Waals surface area contributed by atoms with Gasteiger partial charge in [0.15, 0.2) is 0 Å². The van der Waals surface area contributed by atoms with Crippen LogP contribution in [0.1, 0.15) is 18.4 Å². The van der Waals surface area contributed by atoms with E-state index in [1.165, 1.54) is 17.7 Å². The molecule has 4 rings (SSSR count). The zero-order chi connectivity index (χ0) is 14.9. The van der Waals surface area contributed by atoms with Crippen molar-refractivity contribution in [3.63, 3.8) is 0 Å². The maximum atomic E-state index is 13.6. The third kappa shape index (κ3) is 2.52. The van der Waals surface area contributed by atoms with Gasteiger partial charge in [-0.3, -0.25) is 0 Å². The summed E-state index contributed by atoms with van der Waals surface area (Å²) in [6.07, 6.45) is 3.89. The van der Waals surface area contributed by atoms with Gasteiger partial charge in [-0.15, -0.1) is 0 Å². The van der Waals surface area contributed by atoms with E-state index in [0.717, 1.165) is 36.1 Å². The number of hydrogen-bond donors (Lipinski definition) is 0. The number of hydrogen-bond acceptors (Lipinski definition) is 3. The summed E-state index contributed by atoms with van der Waals surface area (Å²) in [7, 11) is 0. The molecule has 0 saturated heterocycles. The summed E-state index contributed by atoms with van der Waals surface area (Å²) in [4.78, 5) is 11.0. The zero-order valence-corrected chi connectivity index (χ0v) is 12.1. The number of anilines is 1. The van der Waals surface area contributed by atoms with Crippen LogP contribution in [0.15, 0.2) is 54.9 Å². The van der Waals surface area contributed by atoms with E-state index in [9.17, 15) is 4.39 Å². The van der Waals surface area contributed by atoms with Crippen LogP contribution in [-0.2, 0) is 6.54 Å². The highest BCUT2D eigenvalue weighted by Crippen LogP contribution is 2.35. The third-order valence-corrected chi connectivity index (χ3v) is 4.03. The van der Waals surface area contributed by atoms with Crippen LogP contribution in [0.4, 0.5) is 10.2 Å². The first-order chi connectivity index (χ1) is 10.8. The molecule has 3 aromatic rings. The van der Waals surface area contributed by atoms with Crippen molar-refractivity contribution in [2.24, 2.45) is 0 Å². The molecular formula is C18H16FN3. The lowest BCUT2D eigenvalue weighted by Gasteiger charge is -2.24. The molecule has 1 heterocycles. The van der Waals surface area contributed by atoms with Crippen molar-refractivity contribution < 1.29 is 4.39 Å². The summed E-state index contributed by atoms with van der Waals surface area (Å²) < 4.78 is 13.6. The summed E-state index contributed by atoms with van der Waals surface area (Å²) in [6.45, 7) is 0.786. The molecule has 0 radical (unpaired) electrons. The maximum Gasteiger partial charge on any atom is 0.140 e. The predicted octanol–water partition coefficient (Wildman–Crippen LogP) is 3.94. The van der Waals surface area contributed by atoms with Crippen LogP contribution in [0.25, 0.3) is 10.9 Å². The molecule has 0 unspecified atom stereocenters. The molecule has 0 atom stereocenters. The molecule has 1 aliphatic rings. The third-order valence-electron chi connectivity index (χ3n) is 4.03. The second kappa shape index (κ2) is 5.37. The van der Waals surface area contributed by atoms with Crippen LogP contribution >= 0.6 is 0 Å². The minimum atomic E-state index is -0.251. The topological polar surface area (TPSA) is 29.0 Å². The standard InChI is InChI=1S/C18H16FN3/c19-14-6-9-17-16(10-14)18(21-12-20-17)22(15-7-8-15)11-13-4-2-1-3-5-13/h1-6,9-10,12,15H,7-8,11H2.